The highest BCUT2D eigenvalue weighted by Crippen LogP contribution is 2.30. The predicted octanol–water partition coefficient (Wildman–Crippen LogP) is 3.08. The Hall–Kier alpha value is -2.84. The van der Waals surface area contributed by atoms with Crippen LogP contribution in [0.4, 0.5) is 17.1 Å². The Morgan fingerprint density at radius 3 is 2.29 bits per heavy atom. The zero-order valence-electron chi connectivity index (χ0n) is 19.3. The normalized spacial score (nSPS) is 11.4. The minimum atomic E-state index is -0.495. The van der Waals surface area contributed by atoms with Crippen molar-refractivity contribution in [1.82, 2.24) is 5.32 Å². The molecule has 0 amide bonds. The Kier molecular flexibility index (Phi) is 10.6. The molecular formula is C25H29Cl2N5O2. The molecule has 3 aromatic carbocycles. The highest BCUT2D eigenvalue weighted by Gasteiger charge is 2.15. The molecule has 0 radical (unpaired) electrons. The highest BCUT2D eigenvalue weighted by atomic mass is 35.5. The molecule has 0 bridgehead atoms. The maximum atomic E-state index is 10.8. The molecule has 34 heavy (non-hydrogen) atoms. The van der Waals surface area contributed by atoms with Gasteiger partial charge in [0.05, 0.1) is 36.3 Å². The van der Waals surface area contributed by atoms with Gasteiger partial charge < -0.3 is 22.2 Å². The van der Waals surface area contributed by atoms with Crippen LogP contribution in [0.5, 0.6) is 0 Å². The summed E-state index contributed by atoms with van der Waals surface area (Å²) in [5, 5.41) is 22.8. The molecular weight excluding hydrogens is 473 g/mol. The van der Waals surface area contributed by atoms with E-state index in [0.717, 1.165) is 37.1 Å². The van der Waals surface area contributed by atoms with Crippen LogP contribution < -0.4 is 17.7 Å². The van der Waals surface area contributed by atoms with E-state index in [1.807, 2.05) is 24.3 Å². The van der Waals surface area contributed by atoms with Gasteiger partial charge in [-0.15, -0.1) is 5.11 Å². The molecule has 0 aliphatic rings. The summed E-state index contributed by atoms with van der Waals surface area (Å²) in [4.78, 5) is 10.3. The second kappa shape index (κ2) is 13.2. The fourth-order valence-corrected chi connectivity index (χ4v) is 3.64. The maximum Gasteiger partial charge on any atom is 0.271 e. The quantitative estimate of drug-likeness (QED) is 0.144. The van der Waals surface area contributed by atoms with Crippen LogP contribution in [0, 0.1) is 10.1 Å². The third kappa shape index (κ3) is 8.83. The number of quaternary nitrogens is 1. The predicted molar refractivity (Wildman–Crippen MR) is 132 cm³/mol. The monoisotopic (exact) mass is 501 g/mol. The molecule has 9 heteroatoms. The van der Waals surface area contributed by atoms with Gasteiger partial charge in [-0.3, -0.25) is 10.1 Å². The van der Waals surface area contributed by atoms with Crippen molar-refractivity contribution in [3.05, 3.63) is 99.1 Å². The van der Waals surface area contributed by atoms with Crippen molar-refractivity contribution in [1.29, 1.82) is 0 Å². The first-order valence-corrected chi connectivity index (χ1v) is 11.2. The number of benzene rings is 3. The molecule has 0 saturated carbocycles. The van der Waals surface area contributed by atoms with Gasteiger partial charge in [0.25, 0.3) is 5.69 Å². The summed E-state index contributed by atoms with van der Waals surface area (Å²) >= 11 is 6.05. The van der Waals surface area contributed by atoms with Crippen molar-refractivity contribution in [3.8, 4) is 0 Å². The van der Waals surface area contributed by atoms with Crippen LogP contribution in [-0.2, 0) is 13.0 Å². The number of nitro groups is 1. The van der Waals surface area contributed by atoms with Crippen LogP contribution >= 0.6 is 11.6 Å². The van der Waals surface area contributed by atoms with Gasteiger partial charge in [0.15, 0.2) is 0 Å². The van der Waals surface area contributed by atoms with Gasteiger partial charge in [0, 0.05) is 24.2 Å². The highest BCUT2D eigenvalue weighted by molar-refractivity contribution is 6.33. The van der Waals surface area contributed by atoms with E-state index in [-0.39, 0.29) is 23.1 Å². The Morgan fingerprint density at radius 2 is 1.65 bits per heavy atom. The van der Waals surface area contributed by atoms with Crippen LogP contribution in [0.1, 0.15) is 11.1 Å². The Morgan fingerprint density at radius 1 is 0.941 bits per heavy atom. The lowest BCUT2D eigenvalue weighted by Crippen LogP contribution is -3.00. The summed E-state index contributed by atoms with van der Waals surface area (Å²) in [5.41, 5.74) is 3.59. The Labute approximate surface area is 211 Å². The van der Waals surface area contributed by atoms with Gasteiger partial charge in [0.1, 0.15) is 12.2 Å². The van der Waals surface area contributed by atoms with Crippen LogP contribution in [-0.4, -0.2) is 43.1 Å². The van der Waals surface area contributed by atoms with Gasteiger partial charge >= 0.3 is 0 Å². The lowest BCUT2D eigenvalue weighted by atomic mass is 10.1. The molecule has 0 saturated heterocycles. The fraction of sp³-hybridized carbons (Fsp3) is 0.280. The number of hydrogen-bond donors (Lipinski definition) is 1. The number of nitrogens with one attached hydrogen (secondary N) is 1. The van der Waals surface area contributed by atoms with Gasteiger partial charge in [-0.05, 0) is 36.7 Å². The summed E-state index contributed by atoms with van der Waals surface area (Å²) in [6, 6.07) is 22.6. The number of likely N-dealkylation sites (N-methyl/N-ethyl adjacent to an activating group) is 1. The van der Waals surface area contributed by atoms with E-state index in [9.17, 15) is 10.1 Å². The molecule has 0 spiro atoms. The van der Waals surface area contributed by atoms with Crippen LogP contribution in [0.15, 0.2) is 83.0 Å². The summed E-state index contributed by atoms with van der Waals surface area (Å²) in [5.74, 6) is 0. The first-order valence-electron chi connectivity index (χ1n) is 10.8. The van der Waals surface area contributed by atoms with Crippen molar-refractivity contribution >= 4 is 28.7 Å². The van der Waals surface area contributed by atoms with Gasteiger partial charge in [-0.2, -0.15) is 5.11 Å². The molecule has 0 fully saturated rings. The van der Waals surface area contributed by atoms with E-state index in [2.05, 4.69) is 60.0 Å². The average Bonchev–Trinajstić information content (AvgIpc) is 2.79. The third-order valence-electron chi connectivity index (χ3n) is 5.29. The van der Waals surface area contributed by atoms with E-state index in [0.29, 0.717) is 11.4 Å². The number of azo groups is 1. The Balaban J connectivity index is 0.00000408. The molecule has 0 heterocycles. The molecule has 0 unspecified atom stereocenters. The lowest BCUT2D eigenvalue weighted by Gasteiger charge is -2.30. The molecule has 1 N–H and O–H groups in total. The zero-order valence-corrected chi connectivity index (χ0v) is 20.8. The van der Waals surface area contributed by atoms with E-state index in [1.54, 1.807) is 0 Å². The maximum absolute atomic E-state index is 10.8. The van der Waals surface area contributed by atoms with Crippen molar-refractivity contribution in [3.63, 3.8) is 0 Å². The smallest absolute Gasteiger partial charge is 0.271 e. The summed E-state index contributed by atoms with van der Waals surface area (Å²) in [6.07, 6.45) is 0.928. The van der Waals surface area contributed by atoms with E-state index >= 15 is 0 Å². The molecule has 3 aromatic rings. The van der Waals surface area contributed by atoms with Gasteiger partial charge in [-0.1, -0.05) is 54.1 Å². The summed E-state index contributed by atoms with van der Waals surface area (Å²) < 4.78 is 0.940. The first-order chi connectivity index (χ1) is 15.8. The number of nitrogens with zero attached hydrogens (tertiary/aromatic N) is 4. The van der Waals surface area contributed by atoms with Crippen LogP contribution in [0.3, 0.4) is 0 Å². The molecule has 3 rings (SSSR count). The number of halogens is 2. The molecule has 0 aromatic heterocycles. The molecule has 0 aliphatic carbocycles. The van der Waals surface area contributed by atoms with E-state index in [4.69, 9.17) is 11.6 Å². The van der Waals surface area contributed by atoms with Gasteiger partial charge in [0.2, 0.25) is 0 Å². The van der Waals surface area contributed by atoms with Crippen molar-refractivity contribution in [2.24, 2.45) is 10.2 Å². The average molecular weight is 502 g/mol. The number of non-ortho nitro benzene ring substituents is 1. The Bertz CT molecular complexity index is 1090. The van der Waals surface area contributed by atoms with Crippen LogP contribution in [0.25, 0.3) is 0 Å². The van der Waals surface area contributed by atoms with E-state index < -0.39 is 4.92 Å². The number of rotatable bonds is 11. The fourth-order valence-electron chi connectivity index (χ4n) is 3.43. The molecule has 0 aliphatic heterocycles. The largest absolute Gasteiger partial charge is 1.00 e. The lowest BCUT2D eigenvalue weighted by molar-refractivity contribution is -0.902. The standard InChI is InChI=1S/C25H29ClN5O2.ClH/c1-31(2,19-21-6-4-3-5-7-21)17-16-27-15-14-20-8-10-22(11-9-20)28-29-25-13-12-23(30(32)33)18-24(25)26;/h3-13,18,27H,14-17,19H2,1-2H3;1H/q+1;/p-1. The van der Waals surface area contributed by atoms with E-state index in [1.165, 1.54) is 29.3 Å². The molecule has 7 nitrogen and oxygen atoms in total. The second-order valence-electron chi connectivity index (χ2n) is 8.56. The minimum absolute atomic E-state index is 0. The number of hydrogen-bond acceptors (Lipinski definition) is 5. The second-order valence-corrected chi connectivity index (χ2v) is 8.97. The molecule has 0 atom stereocenters. The molecule has 180 valence electrons. The third-order valence-corrected chi connectivity index (χ3v) is 5.59. The first kappa shape index (κ1) is 27.4. The topological polar surface area (TPSA) is 79.9 Å². The summed E-state index contributed by atoms with van der Waals surface area (Å²) in [6.45, 7) is 3.94. The van der Waals surface area contributed by atoms with Crippen molar-refractivity contribution in [2.75, 3.05) is 33.7 Å². The minimum Gasteiger partial charge on any atom is -1.00 e. The van der Waals surface area contributed by atoms with Gasteiger partial charge in [-0.25, -0.2) is 0 Å². The summed E-state index contributed by atoms with van der Waals surface area (Å²) in [7, 11) is 4.51. The zero-order chi connectivity index (χ0) is 23.7. The van der Waals surface area contributed by atoms with Crippen molar-refractivity contribution < 1.29 is 21.8 Å². The van der Waals surface area contributed by atoms with Crippen LogP contribution in [0.2, 0.25) is 5.02 Å². The van der Waals surface area contributed by atoms with Crippen molar-refractivity contribution in [2.45, 2.75) is 13.0 Å². The SMILES string of the molecule is C[N+](C)(CCNCCc1ccc(N=Nc2ccc([N+](=O)[O-])cc2Cl)cc1)Cc1ccccc1.[Cl-]. The number of nitro benzene ring substituents is 1.